The van der Waals surface area contributed by atoms with Crippen LogP contribution in [0, 0.1) is 0 Å². The van der Waals surface area contributed by atoms with Crippen LogP contribution in [0.25, 0.3) is 89.7 Å². The molecule has 0 saturated heterocycles. The molecule has 0 atom stereocenters. The fraction of sp³-hybridized carbons (Fsp3) is 0.200. The van der Waals surface area contributed by atoms with Crippen LogP contribution < -0.4 is 37.9 Å². The summed E-state index contributed by atoms with van der Waals surface area (Å²) in [4.78, 5) is 37.4. The topological polar surface area (TPSA) is 183 Å². The van der Waals surface area contributed by atoms with Crippen LogP contribution in [0.4, 0.5) is 0 Å². The Morgan fingerprint density at radius 1 is 0.345 bits per heavy atom. The quantitative estimate of drug-likeness (QED) is 0.181. The van der Waals surface area contributed by atoms with E-state index in [0.717, 1.165) is 21.9 Å². The molecule has 2 N–H and O–H groups in total. The second kappa shape index (κ2) is 15.6. The first-order chi connectivity index (χ1) is 27.4. The number of hydrogen-bond acceptors (Lipinski definition) is 14. The van der Waals surface area contributed by atoms with Crippen LogP contribution in [-0.2, 0) is 0 Å². The number of aromatic nitrogens is 8. The average Bonchev–Trinajstić information content (AvgIpc) is 3.97. The van der Waals surface area contributed by atoms with Gasteiger partial charge in [0, 0.05) is 21.9 Å². The van der Waals surface area contributed by atoms with Gasteiger partial charge in [-0.2, -0.15) is 0 Å². The number of nitrogens with zero attached hydrogens (tertiary/aromatic N) is 6. The van der Waals surface area contributed by atoms with Gasteiger partial charge in [0.25, 0.3) is 0 Å². The molecule has 9 rings (SSSR count). The van der Waals surface area contributed by atoms with Gasteiger partial charge >= 0.3 is 37.7 Å². The minimum absolute atomic E-state index is 0. The maximum atomic E-state index is 6.03. The van der Waals surface area contributed by atoms with Crippen molar-refractivity contribution in [2.45, 2.75) is 0 Å². The Bertz CT molecular complexity index is 2960. The normalized spacial score (nSPS) is 11.2. The Morgan fingerprint density at radius 2 is 0.655 bits per heavy atom. The van der Waals surface area contributed by atoms with E-state index in [1.54, 1.807) is 0 Å². The summed E-state index contributed by atoms with van der Waals surface area (Å²) in [5.74, 6) is 3.67. The molecule has 0 spiro atoms. The van der Waals surface area contributed by atoms with Crippen molar-refractivity contribution < 1.29 is 37.9 Å². The maximum absolute atomic E-state index is 6.03. The van der Waals surface area contributed by atoms with Gasteiger partial charge in [-0.15, -0.1) is 0 Å². The van der Waals surface area contributed by atoms with Gasteiger partial charge < -0.3 is 47.9 Å². The van der Waals surface area contributed by atoms with Gasteiger partial charge in [-0.1, -0.05) is 48.5 Å². The van der Waals surface area contributed by atoms with E-state index in [1.807, 2.05) is 48.5 Å². The first-order valence-electron chi connectivity index (χ1n) is 17.2. The van der Waals surface area contributed by atoms with Crippen molar-refractivity contribution in [3.8, 4) is 91.5 Å². The molecule has 3 aromatic heterocycles. The number of H-pyrrole nitrogens is 2. The van der Waals surface area contributed by atoms with Crippen LogP contribution in [0.1, 0.15) is 0 Å². The number of methoxy groups -OCH3 is 8. The number of rotatable bonds is 8. The zero-order valence-electron chi connectivity index (χ0n) is 31.6. The van der Waals surface area contributed by atoms with Crippen molar-refractivity contribution in [1.82, 2.24) is 39.9 Å². The van der Waals surface area contributed by atoms with E-state index < -0.39 is 0 Å². The minimum atomic E-state index is 0. The first-order valence-corrected chi connectivity index (χ1v) is 17.2. The molecule has 286 valence electrons. The second-order valence-electron chi connectivity index (χ2n) is 12.5. The van der Waals surface area contributed by atoms with Crippen LogP contribution in [0.15, 0.2) is 48.5 Å². The summed E-state index contributed by atoms with van der Waals surface area (Å²) < 4.78 is 47.5. The fourth-order valence-corrected chi connectivity index (χ4v) is 7.51. The third-order valence-corrected chi connectivity index (χ3v) is 9.81. The van der Waals surface area contributed by atoms with Gasteiger partial charge in [0.2, 0.25) is 23.0 Å². The SMILES string of the molecule is COc1c(OC)c(OC)c2c(c1OC)-c1nc-2nc2[nH]c(nc3nc(nc4[nH]c(n1)c1ccccc41)-c1ccccc1-3)c1c(OC)c(OC)c(OC)c(OC)c21.[LiH].[LiH]. The number of nitrogens with one attached hydrogen (secondary N) is 2. The summed E-state index contributed by atoms with van der Waals surface area (Å²) in [6.07, 6.45) is 0. The summed E-state index contributed by atoms with van der Waals surface area (Å²) in [6.45, 7) is 0. The second-order valence-corrected chi connectivity index (χ2v) is 12.5. The molecule has 7 aromatic rings. The van der Waals surface area contributed by atoms with Crippen molar-refractivity contribution in [3.05, 3.63) is 48.5 Å². The third kappa shape index (κ3) is 5.74. The predicted molar refractivity (Wildman–Crippen MR) is 223 cm³/mol. The van der Waals surface area contributed by atoms with Gasteiger partial charge in [-0.05, 0) is 0 Å². The van der Waals surface area contributed by atoms with Crippen LogP contribution in [0.3, 0.4) is 0 Å². The molecule has 2 aliphatic rings. The molecule has 0 radical (unpaired) electrons. The predicted octanol–water partition coefficient (Wildman–Crippen LogP) is 5.64. The molecule has 16 nitrogen and oxygen atoms in total. The molecule has 2 aliphatic heterocycles. The van der Waals surface area contributed by atoms with E-state index in [9.17, 15) is 0 Å². The molecular weight excluding hydrogens is 734 g/mol. The van der Waals surface area contributed by atoms with Crippen molar-refractivity contribution >= 4 is 81.9 Å². The third-order valence-electron chi connectivity index (χ3n) is 9.81. The molecule has 5 heterocycles. The Hall–Kier alpha value is -6.17. The Balaban J connectivity index is 0.00000256. The molecule has 0 saturated carbocycles. The van der Waals surface area contributed by atoms with Crippen molar-refractivity contribution in [2.24, 2.45) is 0 Å². The number of hydrogen-bond donors (Lipinski definition) is 2. The van der Waals surface area contributed by atoms with Crippen molar-refractivity contribution in [1.29, 1.82) is 0 Å². The number of fused-ring (bicyclic) bond motifs is 20. The summed E-state index contributed by atoms with van der Waals surface area (Å²) >= 11 is 0. The fourth-order valence-electron chi connectivity index (χ4n) is 7.51. The molecule has 8 bridgehead atoms. The molecule has 0 amide bonds. The van der Waals surface area contributed by atoms with Crippen molar-refractivity contribution in [3.63, 3.8) is 0 Å². The van der Waals surface area contributed by atoms with Crippen LogP contribution in [0.2, 0.25) is 0 Å². The monoisotopic (exact) mass is 770 g/mol. The van der Waals surface area contributed by atoms with Crippen molar-refractivity contribution in [2.75, 3.05) is 56.9 Å². The van der Waals surface area contributed by atoms with E-state index >= 15 is 0 Å². The summed E-state index contributed by atoms with van der Waals surface area (Å²) in [5.41, 5.74) is 4.13. The zero-order valence-corrected chi connectivity index (χ0v) is 31.6. The molecule has 18 heteroatoms. The molecule has 0 unspecified atom stereocenters. The van der Waals surface area contributed by atoms with Crippen LogP contribution in [-0.4, -0.2) is 134 Å². The van der Waals surface area contributed by atoms with Gasteiger partial charge in [0.05, 0.1) is 78.8 Å². The Kier molecular flexibility index (Phi) is 10.8. The summed E-state index contributed by atoms with van der Waals surface area (Å²) in [5, 5.41) is 2.57. The van der Waals surface area contributed by atoms with E-state index in [1.165, 1.54) is 56.9 Å². The standard InChI is InChI=1S/C40H34N8O8.2Li.2H/c1-49-25-21-23(27(51-3)31(55-7)29(25)53-5)39-46-37(21)44-35-19-15-11-9-13-17(19)33(42-35)41-34-18-14-10-12-16-20(18)36(43-34)45-38-22-24(40(47-38)48-39)28(52-4)32(56-8)30(54-6)26(22)50-2;;;;/h9-16H,1-8H3,(H2,41,42,43,44,45,46,47,48);;;;. The van der Waals surface area contributed by atoms with Gasteiger partial charge in [-0.25, -0.2) is 29.9 Å². The van der Waals surface area contributed by atoms with E-state index in [-0.39, 0.29) is 72.3 Å². The number of benzene rings is 4. The Labute approximate surface area is 355 Å². The van der Waals surface area contributed by atoms with Gasteiger partial charge in [0.1, 0.15) is 22.6 Å². The molecule has 4 aromatic carbocycles. The molecule has 58 heavy (non-hydrogen) atoms. The number of aromatic amines is 2. The summed E-state index contributed by atoms with van der Waals surface area (Å²) in [7, 11) is 12.2. The van der Waals surface area contributed by atoms with E-state index in [0.29, 0.717) is 79.2 Å². The molecule has 0 fully saturated rings. The van der Waals surface area contributed by atoms with Crippen LogP contribution >= 0.6 is 0 Å². The first kappa shape index (κ1) is 40.0. The van der Waals surface area contributed by atoms with E-state index in [4.69, 9.17) is 67.8 Å². The average molecular weight is 771 g/mol. The summed E-state index contributed by atoms with van der Waals surface area (Å²) in [6, 6.07) is 15.6. The zero-order chi connectivity index (χ0) is 38.8. The van der Waals surface area contributed by atoms with E-state index in [2.05, 4.69) is 9.97 Å². The van der Waals surface area contributed by atoms with Crippen LogP contribution in [0.5, 0.6) is 46.0 Å². The number of ether oxygens (including phenoxy) is 8. The molecule has 0 aliphatic carbocycles. The van der Waals surface area contributed by atoms with Gasteiger partial charge in [-0.3, -0.25) is 0 Å². The molecular formula is C40H36Li2N8O8. The van der Waals surface area contributed by atoms with Gasteiger partial charge in [0.15, 0.2) is 46.3 Å². The Morgan fingerprint density at radius 3 is 1.07 bits per heavy atom.